The highest BCUT2D eigenvalue weighted by Crippen LogP contribution is 2.33. The number of amides is 1. The molecule has 8 heteroatoms. The van der Waals surface area contributed by atoms with Gasteiger partial charge >= 0.3 is 0 Å². The third-order valence-corrected chi connectivity index (χ3v) is 6.08. The molecule has 0 aliphatic heterocycles. The molecular weight excluding hydrogens is 416 g/mol. The SMILES string of the molecule is COc1ccc(N(CC(=O)NCCCc2ccc(C(C)C)cc2)S(C)(=O)=O)c(OC)c1. The van der Waals surface area contributed by atoms with Gasteiger partial charge in [0, 0.05) is 12.6 Å². The third-order valence-electron chi connectivity index (χ3n) is 4.95. The second-order valence-corrected chi connectivity index (χ2v) is 9.56. The molecule has 0 aliphatic carbocycles. The van der Waals surface area contributed by atoms with E-state index in [1.807, 2.05) is 0 Å². The van der Waals surface area contributed by atoms with Crippen molar-refractivity contribution in [1.82, 2.24) is 5.32 Å². The lowest BCUT2D eigenvalue weighted by molar-refractivity contribution is -0.119. The van der Waals surface area contributed by atoms with Crippen molar-refractivity contribution in [2.75, 3.05) is 37.9 Å². The van der Waals surface area contributed by atoms with Gasteiger partial charge in [-0.2, -0.15) is 0 Å². The summed E-state index contributed by atoms with van der Waals surface area (Å²) >= 11 is 0. The van der Waals surface area contributed by atoms with Crippen LogP contribution in [0.1, 0.15) is 37.3 Å². The molecular formula is C23H32N2O5S. The Bertz CT molecular complexity index is 972. The quantitative estimate of drug-likeness (QED) is 0.533. The smallest absolute Gasteiger partial charge is 0.240 e. The lowest BCUT2D eigenvalue weighted by Gasteiger charge is -2.24. The maximum absolute atomic E-state index is 12.4. The topological polar surface area (TPSA) is 84.9 Å². The average Bonchev–Trinajstić information content (AvgIpc) is 2.74. The Hall–Kier alpha value is -2.74. The van der Waals surface area contributed by atoms with E-state index in [4.69, 9.17) is 9.47 Å². The van der Waals surface area contributed by atoms with Crippen LogP contribution in [0.25, 0.3) is 0 Å². The van der Waals surface area contributed by atoms with Gasteiger partial charge in [-0.1, -0.05) is 38.1 Å². The second kappa shape index (κ2) is 11.0. The zero-order valence-electron chi connectivity index (χ0n) is 18.8. The summed E-state index contributed by atoms with van der Waals surface area (Å²) in [6, 6.07) is 13.2. The first-order valence-corrected chi connectivity index (χ1v) is 12.1. The summed E-state index contributed by atoms with van der Waals surface area (Å²) in [5.41, 5.74) is 2.79. The van der Waals surface area contributed by atoms with Gasteiger partial charge in [0.05, 0.1) is 26.2 Å². The van der Waals surface area contributed by atoms with Crippen LogP contribution < -0.4 is 19.1 Å². The Morgan fingerprint density at radius 3 is 2.29 bits per heavy atom. The van der Waals surface area contributed by atoms with E-state index in [0.717, 1.165) is 23.4 Å². The summed E-state index contributed by atoms with van der Waals surface area (Å²) in [7, 11) is -0.752. The fourth-order valence-corrected chi connectivity index (χ4v) is 4.01. The molecule has 0 fully saturated rings. The van der Waals surface area contributed by atoms with Gasteiger partial charge in [-0.3, -0.25) is 9.10 Å². The molecule has 0 atom stereocenters. The van der Waals surface area contributed by atoms with Crippen LogP contribution in [-0.2, 0) is 21.2 Å². The van der Waals surface area contributed by atoms with Crippen molar-refractivity contribution >= 4 is 21.6 Å². The first-order chi connectivity index (χ1) is 14.7. The number of ether oxygens (including phenoxy) is 2. The van der Waals surface area contributed by atoms with Crippen LogP contribution in [0.3, 0.4) is 0 Å². The summed E-state index contributed by atoms with van der Waals surface area (Å²) in [5, 5.41) is 2.80. The summed E-state index contributed by atoms with van der Waals surface area (Å²) in [5.74, 6) is 0.955. The fourth-order valence-electron chi connectivity index (χ4n) is 3.15. The van der Waals surface area contributed by atoms with Crippen molar-refractivity contribution in [2.45, 2.75) is 32.6 Å². The maximum Gasteiger partial charge on any atom is 0.240 e. The van der Waals surface area contributed by atoms with Gasteiger partial charge in [0.25, 0.3) is 0 Å². The van der Waals surface area contributed by atoms with Gasteiger partial charge in [0.2, 0.25) is 15.9 Å². The third kappa shape index (κ3) is 7.17. The standard InChI is InChI=1S/C23H32N2O5S/c1-17(2)19-10-8-18(9-11-19)7-6-14-24-23(26)16-25(31(5,27)28)21-13-12-20(29-3)15-22(21)30-4/h8-13,15,17H,6-7,14,16H2,1-5H3,(H,24,26). The Morgan fingerprint density at radius 1 is 1.06 bits per heavy atom. The number of methoxy groups -OCH3 is 2. The molecule has 1 amide bonds. The van der Waals surface area contributed by atoms with Crippen molar-refractivity contribution in [3.8, 4) is 11.5 Å². The van der Waals surface area contributed by atoms with Crippen LogP contribution in [-0.4, -0.2) is 47.9 Å². The summed E-state index contributed by atoms with van der Waals surface area (Å²) in [4.78, 5) is 12.4. The monoisotopic (exact) mass is 448 g/mol. The minimum Gasteiger partial charge on any atom is -0.497 e. The lowest BCUT2D eigenvalue weighted by atomic mass is 10.0. The first kappa shape index (κ1) is 24.5. The summed E-state index contributed by atoms with van der Waals surface area (Å²) in [6.45, 7) is 4.45. The number of benzene rings is 2. The molecule has 2 aromatic rings. The van der Waals surface area contributed by atoms with Crippen molar-refractivity contribution < 1.29 is 22.7 Å². The molecule has 0 saturated carbocycles. The number of rotatable bonds is 11. The van der Waals surface area contributed by atoms with Crippen LogP contribution in [0.4, 0.5) is 5.69 Å². The molecule has 170 valence electrons. The predicted octanol–water partition coefficient (Wildman–Crippen LogP) is 3.34. The van der Waals surface area contributed by atoms with Crippen LogP contribution >= 0.6 is 0 Å². The highest BCUT2D eigenvalue weighted by atomic mass is 32.2. The number of hydrogen-bond acceptors (Lipinski definition) is 5. The lowest BCUT2D eigenvalue weighted by Crippen LogP contribution is -2.40. The molecule has 0 radical (unpaired) electrons. The Kier molecular flexibility index (Phi) is 8.74. The molecule has 0 saturated heterocycles. The average molecular weight is 449 g/mol. The summed E-state index contributed by atoms with van der Waals surface area (Å²) < 4.78 is 36.2. The van der Waals surface area contributed by atoms with E-state index in [2.05, 4.69) is 43.4 Å². The van der Waals surface area contributed by atoms with E-state index >= 15 is 0 Å². The Labute approximate surface area is 185 Å². The first-order valence-electron chi connectivity index (χ1n) is 10.2. The van der Waals surface area contributed by atoms with Gasteiger partial charge in [0.1, 0.15) is 18.0 Å². The number of anilines is 1. The van der Waals surface area contributed by atoms with Crippen LogP contribution in [0.2, 0.25) is 0 Å². The van der Waals surface area contributed by atoms with Crippen LogP contribution in [0, 0.1) is 0 Å². The number of carbonyl (C=O) groups is 1. The molecule has 0 heterocycles. The van der Waals surface area contributed by atoms with Crippen LogP contribution in [0.15, 0.2) is 42.5 Å². The molecule has 2 rings (SSSR count). The maximum atomic E-state index is 12.4. The molecule has 2 aromatic carbocycles. The van der Waals surface area contributed by atoms with Gasteiger partial charge in [-0.05, 0) is 42.0 Å². The summed E-state index contributed by atoms with van der Waals surface area (Å²) in [6.07, 6.45) is 2.66. The highest BCUT2D eigenvalue weighted by Gasteiger charge is 2.24. The number of hydrogen-bond donors (Lipinski definition) is 1. The van der Waals surface area contributed by atoms with Crippen molar-refractivity contribution in [2.24, 2.45) is 0 Å². The molecule has 0 unspecified atom stereocenters. The molecule has 1 N–H and O–H groups in total. The molecule has 31 heavy (non-hydrogen) atoms. The van der Waals surface area contributed by atoms with E-state index in [0.29, 0.717) is 24.0 Å². The van der Waals surface area contributed by atoms with E-state index in [-0.39, 0.29) is 18.1 Å². The highest BCUT2D eigenvalue weighted by molar-refractivity contribution is 7.92. The minimum atomic E-state index is -3.70. The van der Waals surface area contributed by atoms with Crippen molar-refractivity contribution in [1.29, 1.82) is 0 Å². The van der Waals surface area contributed by atoms with E-state index in [9.17, 15) is 13.2 Å². The van der Waals surface area contributed by atoms with Gasteiger partial charge in [-0.25, -0.2) is 8.42 Å². The minimum absolute atomic E-state index is 0.284. The van der Waals surface area contributed by atoms with E-state index < -0.39 is 10.0 Å². The number of carbonyl (C=O) groups excluding carboxylic acids is 1. The van der Waals surface area contributed by atoms with Crippen LogP contribution in [0.5, 0.6) is 11.5 Å². The Morgan fingerprint density at radius 2 is 1.74 bits per heavy atom. The zero-order chi connectivity index (χ0) is 23.0. The van der Waals surface area contributed by atoms with Gasteiger partial charge < -0.3 is 14.8 Å². The Balaban J connectivity index is 1.96. The van der Waals surface area contributed by atoms with Gasteiger partial charge in [-0.15, -0.1) is 0 Å². The number of nitrogens with zero attached hydrogens (tertiary/aromatic N) is 1. The normalized spacial score (nSPS) is 11.3. The molecule has 0 spiro atoms. The number of nitrogens with one attached hydrogen (secondary N) is 1. The predicted molar refractivity (Wildman–Crippen MR) is 124 cm³/mol. The zero-order valence-corrected chi connectivity index (χ0v) is 19.7. The number of sulfonamides is 1. The molecule has 0 aromatic heterocycles. The molecule has 0 bridgehead atoms. The van der Waals surface area contributed by atoms with E-state index in [1.54, 1.807) is 18.2 Å². The number of aryl methyl sites for hydroxylation is 1. The van der Waals surface area contributed by atoms with Gasteiger partial charge in [0.15, 0.2) is 0 Å². The largest absolute Gasteiger partial charge is 0.497 e. The molecule has 7 nitrogen and oxygen atoms in total. The van der Waals surface area contributed by atoms with E-state index in [1.165, 1.54) is 25.3 Å². The second-order valence-electron chi connectivity index (χ2n) is 7.66. The van der Waals surface area contributed by atoms with Crippen molar-refractivity contribution in [3.05, 3.63) is 53.6 Å². The van der Waals surface area contributed by atoms with Crippen molar-refractivity contribution in [3.63, 3.8) is 0 Å². The molecule has 0 aliphatic rings. The fraction of sp³-hybridized carbons (Fsp3) is 0.435.